The Morgan fingerprint density at radius 2 is 1.75 bits per heavy atom. The monoisotopic (exact) mass is 373 g/mol. The average molecular weight is 373 g/mol. The standard InChI is InChI=1S/C21H23N7/c1-3-7-17(15-11-6-9-13-8-4-5-10-14(13)15)28(2)21-24-12-16-18(22)25-20(23)26-19(16)27-21/h4-6,8-12,17H,3,7H2,1-2H3,(H4,22,23,24,25,26,27). The second-order valence-corrected chi connectivity index (χ2v) is 6.86. The Labute approximate surface area is 163 Å². The van der Waals surface area contributed by atoms with Gasteiger partial charge in [0.2, 0.25) is 11.9 Å². The van der Waals surface area contributed by atoms with Crippen molar-refractivity contribution in [3.63, 3.8) is 0 Å². The molecule has 0 spiro atoms. The van der Waals surface area contributed by atoms with Crippen LogP contribution in [0.3, 0.4) is 0 Å². The molecule has 0 bridgehead atoms. The van der Waals surface area contributed by atoms with Crippen LogP contribution in [0.25, 0.3) is 21.8 Å². The second kappa shape index (κ2) is 7.26. The van der Waals surface area contributed by atoms with E-state index in [1.165, 1.54) is 16.3 Å². The Bertz CT molecular complexity index is 1140. The summed E-state index contributed by atoms with van der Waals surface area (Å²) in [6, 6.07) is 15.0. The molecule has 1 atom stereocenters. The Hall–Kier alpha value is -3.48. The molecule has 0 aliphatic rings. The third-order valence-electron chi connectivity index (χ3n) is 5.01. The number of hydrogen-bond donors (Lipinski definition) is 2. The molecule has 0 amide bonds. The zero-order valence-electron chi connectivity index (χ0n) is 16.0. The Morgan fingerprint density at radius 1 is 0.964 bits per heavy atom. The van der Waals surface area contributed by atoms with Gasteiger partial charge in [0.05, 0.1) is 11.4 Å². The van der Waals surface area contributed by atoms with E-state index in [0.29, 0.717) is 17.0 Å². The van der Waals surface area contributed by atoms with Gasteiger partial charge in [-0.2, -0.15) is 15.0 Å². The molecule has 0 aliphatic heterocycles. The molecule has 142 valence electrons. The lowest BCUT2D eigenvalue weighted by molar-refractivity contribution is 0.595. The van der Waals surface area contributed by atoms with Crippen LogP contribution in [0.1, 0.15) is 31.4 Å². The van der Waals surface area contributed by atoms with E-state index in [2.05, 4.69) is 74.2 Å². The maximum absolute atomic E-state index is 5.92. The van der Waals surface area contributed by atoms with Crippen LogP contribution in [-0.4, -0.2) is 27.0 Å². The summed E-state index contributed by atoms with van der Waals surface area (Å²) < 4.78 is 0. The van der Waals surface area contributed by atoms with Gasteiger partial charge in [-0.25, -0.2) is 4.98 Å². The summed E-state index contributed by atoms with van der Waals surface area (Å²) in [5, 5.41) is 3.07. The van der Waals surface area contributed by atoms with E-state index in [1.807, 2.05) is 7.05 Å². The molecular formula is C21H23N7. The third kappa shape index (κ3) is 3.15. The highest BCUT2D eigenvalue weighted by Gasteiger charge is 2.21. The van der Waals surface area contributed by atoms with Crippen LogP contribution in [0.15, 0.2) is 48.7 Å². The van der Waals surface area contributed by atoms with Gasteiger partial charge in [0.25, 0.3) is 0 Å². The lowest BCUT2D eigenvalue weighted by Crippen LogP contribution is -2.26. The van der Waals surface area contributed by atoms with E-state index in [1.54, 1.807) is 6.20 Å². The summed E-state index contributed by atoms with van der Waals surface area (Å²) in [7, 11) is 2.01. The van der Waals surface area contributed by atoms with Crippen molar-refractivity contribution in [1.82, 2.24) is 19.9 Å². The Balaban J connectivity index is 1.81. The van der Waals surface area contributed by atoms with Crippen LogP contribution in [0.2, 0.25) is 0 Å². The maximum Gasteiger partial charge on any atom is 0.227 e. The molecule has 4 aromatic rings. The molecule has 4 rings (SSSR count). The number of rotatable bonds is 5. The average Bonchev–Trinajstić information content (AvgIpc) is 2.70. The van der Waals surface area contributed by atoms with Crippen LogP contribution in [0.5, 0.6) is 0 Å². The number of nitrogens with zero attached hydrogens (tertiary/aromatic N) is 5. The first-order valence-corrected chi connectivity index (χ1v) is 9.34. The molecular weight excluding hydrogens is 350 g/mol. The van der Waals surface area contributed by atoms with E-state index in [9.17, 15) is 0 Å². The predicted octanol–water partition coefficient (Wildman–Crippen LogP) is 3.72. The van der Waals surface area contributed by atoms with Crippen LogP contribution >= 0.6 is 0 Å². The van der Waals surface area contributed by atoms with Gasteiger partial charge in [-0.1, -0.05) is 55.8 Å². The van der Waals surface area contributed by atoms with Crippen molar-refractivity contribution in [2.75, 3.05) is 23.4 Å². The molecule has 28 heavy (non-hydrogen) atoms. The molecule has 1 unspecified atom stereocenters. The summed E-state index contributed by atoms with van der Waals surface area (Å²) in [5.41, 5.74) is 13.4. The molecule has 0 radical (unpaired) electrons. The summed E-state index contributed by atoms with van der Waals surface area (Å²) in [5.74, 6) is 0.976. The van der Waals surface area contributed by atoms with Gasteiger partial charge in [0, 0.05) is 13.2 Å². The van der Waals surface area contributed by atoms with Crippen LogP contribution < -0.4 is 16.4 Å². The smallest absolute Gasteiger partial charge is 0.227 e. The number of aromatic nitrogens is 4. The Morgan fingerprint density at radius 3 is 2.57 bits per heavy atom. The van der Waals surface area contributed by atoms with E-state index in [-0.39, 0.29) is 17.8 Å². The maximum atomic E-state index is 5.92. The molecule has 2 heterocycles. The van der Waals surface area contributed by atoms with Gasteiger partial charge in [-0.15, -0.1) is 0 Å². The van der Waals surface area contributed by atoms with Crippen molar-refractivity contribution in [1.29, 1.82) is 0 Å². The number of nitrogens with two attached hydrogens (primary N) is 2. The lowest BCUT2D eigenvalue weighted by Gasteiger charge is -2.29. The molecule has 7 nitrogen and oxygen atoms in total. The minimum absolute atomic E-state index is 0.108. The summed E-state index contributed by atoms with van der Waals surface area (Å²) >= 11 is 0. The van der Waals surface area contributed by atoms with Gasteiger partial charge in [0.15, 0.2) is 5.65 Å². The lowest BCUT2D eigenvalue weighted by atomic mass is 9.95. The molecule has 2 aromatic heterocycles. The van der Waals surface area contributed by atoms with Crippen molar-refractivity contribution >= 4 is 39.5 Å². The fourth-order valence-electron chi connectivity index (χ4n) is 3.63. The molecule has 0 aliphatic carbocycles. The molecule has 0 saturated carbocycles. The van der Waals surface area contributed by atoms with Gasteiger partial charge < -0.3 is 16.4 Å². The number of nitrogen functional groups attached to an aromatic ring is 2. The van der Waals surface area contributed by atoms with Gasteiger partial charge in [-0.3, -0.25) is 0 Å². The fourth-order valence-corrected chi connectivity index (χ4v) is 3.63. The first-order valence-electron chi connectivity index (χ1n) is 9.34. The minimum Gasteiger partial charge on any atom is -0.383 e. The van der Waals surface area contributed by atoms with Gasteiger partial charge in [-0.05, 0) is 22.8 Å². The molecule has 4 N–H and O–H groups in total. The third-order valence-corrected chi connectivity index (χ3v) is 5.01. The largest absolute Gasteiger partial charge is 0.383 e. The highest BCUT2D eigenvalue weighted by molar-refractivity contribution is 5.87. The van der Waals surface area contributed by atoms with Crippen molar-refractivity contribution in [3.8, 4) is 0 Å². The van der Waals surface area contributed by atoms with Crippen LogP contribution in [0, 0.1) is 0 Å². The van der Waals surface area contributed by atoms with E-state index in [4.69, 9.17) is 11.5 Å². The fraction of sp³-hybridized carbons (Fsp3) is 0.238. The highest BCUT2D eigenvalue weighted by atomic mass is 15.3. The second-order valence-electron chi connectivity index (χ2n) is 6.86. The van der Waals surface area contributed by atoms with E-state index < -0.39 is 0 Å². The minimum atomic E-state index is 0.108. The number of benzene rings is 2. The van der Waals surface area contributed by atoms with Crippen molar-refractivity contribution < 1.29 is 0 Å². The number of fused-ring (bicyclic) bond motifs is 2. The first-order chi connectivity index (χ1) is 13.6. The molecule has 2 aromatic carbocycles. The number of anilines is 3. The van der Waals surface area contributed by atoms with Crippen LogP contribution in [-0.2, 0) is 0 Å². The van der Waals surface area contributed by atoms with Crippen LogP contribution in [0.4, 0.5) is 17.7 Å². The SMILES string of the molecule is CCCC(c1cccc2ccccc12)N(C)c1ncc2c(N)nc(N)nc2n1. The summed E-state index contributed by atoms with van der Waals surface area (Å²) in [6.07, 6.45) is 3.67. The highest BCUT2D eigenvalue weighted by Crippen LogP contribution is 2.33. The van der Waals surface area contributed by atoms with Gasteiger partial charge in [0.1, 0.15) is 5.82 Å². The zero-order valence-corrected chi connectivity index (χ0v) is 16.0. The van der Waals surface area contributed by atoms with E-state index >= 15 is 0 Å². The quantitative estimate of drug-likeness (QED) is 0.549. The number of hydrogen-bond acceptors (Lipinski definition) is 7. The predicted molar refractivity (Wildman–Crippen MR) is 114 cm³/mol. The van der Waals surface area contributed by atoms with Crippen molar-refractivity contribution in [2.45, 2.75) is 25.8 Å². The topological polar surface area (TPSA) is 107 Å². The molecule has 7 heteroatoms. The first kappa shape index (κ1) is 17.9. The van der Waals surface area contributed by atoms with Crippen molar-refractivity contribution in [3.05, 3.63) is 54.2 Å². The molecule has 0 saturated heterocycles. The van der Waals surface area contributed by atoms with E-state index in [0.717, 1.165) is 12.8 Å². The summed E-state index contributed by atoms with van der Waals surface area (Å²) in [6.45, 7) is 2.18. The van der Waals surface area contributed by atoms with Gasteiger partial charge >= 0.3 is 0 Å². The molecule has 0 fully saturated rings. The Kier molecular flexibility index (Phi) is 4.65. The summed E-state index contributed by atoms with van der Waals surface area (Å²) in [4.78, 5) is 19.4. The zero-order chi connectivity index (χ0) is 19.7. The normalized spacial score (nSPS) is 12.4. The van der Waals surface area contributed by atoms with Crippen molar-refractivity contribution in [2.24, 2.45) is 0 Å².